The second kappa shape index (κ2) is 6.16. The number of nitrogens with one attached hydrogen (secondary N) is 1. The summed E-state index contributed by atoms with van der Waals surface area (Å²) in [6.45, 7) is 4.72. The van der Waals surface area contributed by atoms with Crippen LogP contribution >= 0.6 is 0 Å². The molecule has 1 atom stereocenters. The molecule has 3 N–H and O–H groups in total. The summed E-state index contributed by atoms with van der Waals surface area (Å²) in [6, 6.07) is 0.127. The van der Waals surface area contributed by atoms with Crippen molar-refractivity contribution in [3.8, 4) is 0 Å². The summed E-state index contributed by atoms with van der Waals surface area (Å²) in [5, 5.41) is 2.79. The highest BCUT2D eigenvalue weighted by molar-refractivity contribution is 5.75. The lowest BCUT2D eigenvalue weighted by molar-refractivity contribution is -0.121. The molecule has 0 bridgehead atoms. The predicted molar refractivity (Wildman–Crippen MR) is 46.2 cm³/mol. The first-order valence-corrected chi connectivity index (χ1v) is 4.19. The molecule has 0 rings (SSSR count). The van der Waals surface area contributed by atoms with Gasteiger partial charge < -0.3 is 11.1 Å². The van der Waals surface area contributed by atoms with Crippen molar-refractivity contribution in [3.05, 3.63) is 0 Å². The fraction of sp³-hybridized carbons (Fsp3) is 0.875. The molecule has 3 heteroatoms. The number of hydrogen-bond donors (Lipinski definition) is 2. The molecule has 0 aliphatic carbocycles. The second-order valence-corrected chi connectivity index (χ2v) is 2.87. The van der Waals surface area contributed by atoms with E-state index in [0.29, 0.717) is 6.42 Å². The lowest BCUT2D eigenvalue weighted by Gasteiger charge is -2.04. The Balaban J connectivity index is 3.23. The van der Waals surface area contributed by atoms with Crippen molar-refractivity contribution in [2.45, 2.75) is 39.2 Å². The average Bonchev–Trinajstić information content (AvgIpc) is 1.97. The van der Waals surface area contributed by atoms with Gasteiger partial charge in [0.1, 0.15) is 0 Å². The molecule has 11 heavy (non-hydrogen) atoms. The van der Waals surface area contributed by atoms with Crippen molar-refractivity contribution < 1.29 is 4.79 Å². The van der Waals surface area contributed by atoms with Crippen molar-refractivity contribution >= 4 is 5.91 Å². The SMILES string of the molecule is CCCNC(=O)CCC(C)N. The fourth-order valence-electron chi connectivity index (χ4n) is 0.712. The number of carbonyl (C=O) groups excluding carboxylic acids is 1. The monoisotopic (exact) mass is 158 g/mol. The molecule has 0 saturated heterocycles. The van der Waals surface area contributed by atoms with Crippen molar-refractivity contribution in [2.75, 3.05) is 6.54 Å². The van der Waals surface area contributed by atoms with Crippen LogP contribution in [0.4, 0.5) is 0 Å². The lowest BCUT2D eigenvalue weighted by atomic mass is 10.2. The van der Waals surface area contributed by atoms with Gasteiger partial charge in [-0.15, -0.1) is 0 Å². The summed E-state index contributed by atoms with van der Waals surface area (Å²) in [4.78, 5) is 10.9. The molecule has 1 unspecified atom stereocenters. The molecule has 0 aromatic carbocycles. The van der Waals surface area contributed by atoms with E-state index in [1.807, 2.05) is 13.8 Å². The highest BCUT2D eigenvalue weighted by Crippen LogP contribution is 1.92. The molecule has 0 heterocycles. The van der Waals surface area contributed by atoms with Crippen LogP contribution in [-0.4, -0.2) is 18.5 Å². The van der Waals surface area contributed by atoms with Gasteiger partial charge in [-0.05, 0) is 19.8 Å². The average molecular weight is 158 g/mol. The van der Waals surface area contributed by atoms with E-state index in [2.05, 4.69) is 5.32 Å². The maximum atomic E-state index is 10.9. The molecule has 0 aromatic rings. The molecule has 0 spiro atoms. The molecule has 66 valence electrons. The zero-order chi connectivity index (χ0) is 8.69. The van der Waals surface area contributed by atoms with Crippen LogP contribution in [0.15, 0.2) is 0 Å². The second-order valence-electron chi connectivity index (χ2n) is 2.87. The van der Waals surface area contributed by atoms with E-state index < -0.39 is 0 Å². The standard InChI is InChI=1S/C8H18N2O/c1-3-6-10-8(11)5-4-7(2)9/h7H,3-6,9H2,1-2H3,(H,10,11). The van der Waals surface area contributed by atoms with Gasteiger partial charge in [0.25, 0.3) is 0 Å². The Labute approximate surface area is 68.3 Å². The Morgan fingerprint density at radius 2 is 2.27 bits per heavy atom. The van der Waals surface area contributed by atoms with Crippen LogP contribution in [0.2, 0.25) is 0 Å². The van der Waals surface area contributed by atoms with Crippen LogP contribution in [0.1, 0.15) is 33.1 Å². The van der Waals surface area contributed by atoms with Crippen LogP contribution in [0.25, 0.3) is 0 Å². The summed E-state index contributed by atoms with van der Waals surface area (Å²) < 4.78 is 0. The molecular weight excluding hydrogens is 140 g/mol. The van der Waals surface area contributed by atoms with Crippen molar-refractivity contribution in [3.63, 3.8) is 0 Å². The maximum absolute atomic E-state index is 10.9. The quantitative estimate of drug-likeness (QED) is 0.617. The number of nitrogens with two attached hydrogens (primary N) is 1. The van der Waals surface area contributed by atoms with E-state index in [1.54, 1.807) is 0 Å². The Bertz CT molecular complexity index is 113. The number of rotatable bonds is 5. The zero-order valence-corrected chi connectivity index (χ0v) is 7.39. The zero-order valence-electron chi connectivity index (χ0n) is 7.39. The van der Waals surface area contributed by atoms with Crippen molar-refractivity contribution in [1.82, 2.24) is 5.32 Å². The summed E-state index contributed by atoms with van der Waals surface area (Å²) in [7, 11) is 0. The van der Waals surface area contributed by atoms with Gasteiger partial charge in [0, 0.05) is 19.0 Å². The van der Waals surface area contributed by atoms with Crippen molar-refractivity contribution in [2.24, 2.45) is 5.73 Å². The van der Waals surface area contributed by atoms with Crippen molar-refractivity contribution in [1.29, 1.82) is 0 Å². The van der Waals surface area contributed by atoms with Crippen LogP contribution in [0, 0.1) is 0 Å². The third-order valence-corrected chi connectivity index (χ3v) is 1.40. The molecule has 0 saturated carbocycles. The highest BCUT2D eigenvalue weighted by atomic mass is 16.1. The van der Waals surface area contributed by atoms with E-state index in [1.165, 1.54) is 0 Å². The van der Waals surface area contributed by atoms with Gasteiger partial charge >= 0.3 is 0 Å². The van der Waals surface area contributed by atoms with Gasteiger partial charge in [-0.3, -0.25) is 4.79 Å². The fourth-order valence-corrected chi connectivity index (χ4v) is 0.712. The smallest absolute Gasteiger partial charge is 0.220 e. The normalized spacial score (nSPS) is 12.6. The third kappa shape index (κ3) is 7.33. The van der Waals surface area contributed by atoms with E-state index in [9.17, 15) is 4.79 Å². The Hall–Kier alpha value is -0.570. The minimum atomic E-state index is 0.115. The van der Waals surface area contributed by atoms with Gasteiger partial charge in [0.05, 0.1) is 0 Å². The van der Waals surface area contributed by atoms with Crippen LogP contribution in [0.3, 0.4) is 0 Å². The number of carbonyl (C=O) groups is 1. The van der Waals surface area contributed by atoms with Crippen LogP contribution < -0.4 is 11.1 Å². The molecule has 0 radical (unpaired) electrons. The molecule has 3 nitrogen and oxygen atoms in total. The summed E-state index contributed by atoms with van der Waals surface area (Å²) in [5.41, 5.74) is 5.49. The predicted octanol–water partition coefficient (Wildman–Crippen LogP) is 0.640. The minimum absolute atomic E-state index is 0.115. The van der Waals surface area contributed by atoms with Crippen LogP contribution in [0.5, 0.6) is 0 Å². The largest absolute Gasteiger partial charge is 0.356 e. The topological polar surface area (TPSA) is 55.1 Å². The molecular formula is C8H18N2O. The van der Waals surface area contributed by atoms with Gasteiger partial charge in [-0.25, -0.2) is 0 Å². The first kappa shape index (κ1) is 10.4. The van der Waals surface area contributed by atoms with Gasteiger partial charge in [0.2, 0.25) is 5.91 Å². The van der Waals surface area contributed by atoms with E-state index >= 15 is 0 Å². The molecule has 0 aromatic heterocycles. The van der Waals surface area contributed by atoms with Crippen LogP contribution in [-0.2, 0) is 4.79 Å². The maximum Gasteiger partial charge on any atom is 0.220 e. The Kier molecular flexibility index (Phi) is 5.84. The summed E-state index contributed by atoms with van der Waals surface area (Å²) in [6.07, 6.45) is 2.32. The Morgan fingerprint density at radius 3 is 2.73 bits per heavy atom. The number of hydrogen-bond acceptors (Lipinski definition) is 2. The molecule has 0 aliphatic heterocycles. The van der Waals surface area contributed by atoms with Gasteiger partial charge in [-0.2, -0.15) is 0 Å². The Morgan fingerprint density at radius 1 is 1.64 bits per heavy atom. The minimum Gasteiger partial charge on any atom is -0.356 e. The molecule has 0 fully saturated rings. The lowest BCUT2D eigenvalue weighted by Crippen LogP contribution is -2.26. The van der Waals surface area contributed by atoms with E-state index in [4.69, 9.17) is 5.73 Å². The van der Waals surface area contributed by atoms with Gasteiger partial charge in [0.15, 0.2) is 0 Å². The van der Waals surface area contributed by atoms with Gasteiger partial charge in [-0.1, -0.05) is 6.92 Å². The highest BCUT2D eigenvalue weighted by Gasteiger charge is 2.01. The number of amides is 1. The molecule has 1 amide bonds. The van der Waals surface area contributed by atoms with E-state index in [0.717, 1.165) is 19.4 Å². The third-order valence-electron chi connectivity index (χ3n) is 1.40. The first-order valence-electron chi connectivity index (χ1n) is 4.19. The molecule has 0 aliphatic rings. The summed E-state index contributed by atoms with van der Waals surface area (Å²) >= 11 is 0. The first-order chi connectivity index (χ1) is 5.16. The summed E-state index contributed by atoms with van der Waals surface area (Å²) in [5.74, 6) is 0.115. The van der Waals surface area contributed by atoms with E-state index in [-0.39, 0.29) is 11.9 Å².